The Morgan fingerprint density at radius 2 is 1.75 bits per heavy atom. The molecule has 1 heterocycles. The molecule has 0 aliphatic carbocycles. The van der Waals surface area contributed by atoms with Crippen LogP contribution in [0.1, 0.15) is 25.0 Å². The highest BCUT2D eigenvalue weighted by atomic mass is 32.1. The molecule has 0 amide bonds. The first-order valence-corrected chi connectivity index (χ1v) is 8.96. The first-order valence-electron chi connectivity index (χ1n) is 8.08. The molecule has 4 heteroatoms. The average molecular weight is 335 g/mol. The van der Waals surface area contributed by atoms with Crippen molar-refractivity contribution in [1.29, 1.82) is 0 Å². The molecule has 0 aliphatic heterocycles. The number of aromatic nitrogens is 1. The van der Waals surface area contributed by atoms with Crippen molar-refractivity contribution in [2.24, 2.45) is 10.1 Å². The zero-order valence-electron chi connectivity index (χ0n) is 14.2. The molecule has 2 aromatic carbocycles. The monoisotopic (exact) mass is 335 g/mol. The molecule has 0 radical (unpaired) electrons. The molecule has 3 nitrogen and oxygen atoms in total. The topological polar surface area (TPSA) is 29.6 Å². The first-order chi connectivity index (χ1) is 11.7. The van der Waals surface area contributed by atoms with Crippen LogP contribution in [-0.4, -0.2) is 16.9 Å². The van der Waals surface area contributed by atoms with E-state index < -0.39 is 0 Å². The van der Waals surface area contributed by atoms with Gasteiger partial charge in [-0.2, -0.15) is 5.10 Å². The van der Waals surface area contributed by atoms with E-state index in [0.717, 1.165) is 33.9 Å². The third-order valence-electron chi connectivity index (χ3n) is 3.77. The minimum atomic E-state index is 0.744. The molecule has 0 aliphatic rings. The van der Waals surface area contributed by atoms with Crippen molar-refractivity contribution in [2.75, 3.05) is 6.54 Å². The Labute approximate surface area is 146 Å². The van der Waals surface area contributed by atoms with Gasteiger partial charge in [-0.05, 0) is 26.3 Å². The lowest BCUT2D eigenvalue weighted by molar-refractivity contribution is 0.827. The summed E-state index contributed by atoms with van der Waals surface area (Å²) in [5.41, 5.74) is 5.57. The number of rotatable bonds is 4. The van der Waals surface area contributed by atoms with Crippen molar-refractivity contribution >= 4 is 17.0 Å². The second-order valence-electron chi connectivity index (χ2n) is 5.61. The van der Waals surface area contributed by atoms with Crippen LogP contribution in [0.2, 0.25) is 0 Å². The third-order valence-corrected chi connectivity index (χ3v) is 4.62. The van der Waals surface area contributed by atoms with E-state index in [1.165, 1.54) is 5.56 Å². The maximum atomic E-state index is 4.86. The van der Waals surface area contributed by atoms with Crippen LogP contribution in [0.5, 0.6) is 0 Å². The fraction of sp³-hybridized carbons (Fsp3) is 0.200. The number of aryl methyl sites for hydroxylation is 1. The summed E-state index contributed by atoms with van der Waals surface area (Å²) in [6, 6.07) is 18.8. The Morgan fingerprint density at radius 1 is 1.04 bits per heavy atom. The highest BCUT2D eigenvalue weighted by Crippen LogP contribution is 2.20. The second kappa shape index (κ2) is 7.41. The number of hydrogen-bond acceptors (Lipinski definition) is 3. The van der Waals surface area contributed by atoms with Crippen molar-refractivity contribution in [2.45, 2.75) is 20.8 Å². The fourth-order valence-corrected chi connectivity index (χ4v) is 3.34. The molecule has 0 bridgehead atoms. The van der Waals surface area contributed by atoms with E-state index in [1.807, 2.05) is 36.7 Å². The molecule has 122 valence electrons. The Morgan fingerprint density at radius 3 is 2.42 bits per heavy atom. The summed E-state index contributed by atoms with van der Waals surface area (Å²) < 4.78 is 1.96. The summed E-state index contributed by atoms with van der Waals surface area (Å²) in [7, 11) is 0. The van der Waals surface area contributed by atoms with E-state index in [9.17, 15) is 0 Å². The molecule has 0 unspecified atom stereocenters. The summed E-state index contributed by atoms with van der Waals surface area (Å²) >= 11 is 1.62. The largest absolute Gasteiger partial charge is 0.258 e. The third kappa shape index (κ3) is 3.54. The van der Waals surface area contributed by atoms with Crippen molar-refractivity contribution in [1.82, 2.24) is 4.68 Å². The molecule has 0 saturated heterocycles. The normalized spacial score (nSPS) is 12.6. The molecule has 1 aromatic heterocycles. The van der Waals surface area contributed by atoms with Crippen molar-refractivity contribution in [3.8, 4) is 11.3 Å². The van der Waals surface area contributed by atoms with E-state index in [4.69, 9.17) is 5.10 Å². The van der Waals surface area contributed by atoms with Crippen LogP contribution in [0.25, 0.3) is 11.3 Å². The van der Waals surface area contributed by atoms with Crippen LogP contribution in [0.4, 0.5) is 0 Å². The van der Waals surface area contributed by atoms with Gasteiger partial charge in [-0.15, -0.1) is 11.3 Å². The zero-order valence-corrected chi connectivity index (χ0v) is 15.0. The molecule has 0 fully saturated rings. The van der Waals surface area contributed by atoms with Gasteiger partial charge in [-0.3, -0.25) is 4.99 Å². The van der Waals surface area contributed by atoms with Gasteiger partial charge in [0.05, 0.1) is 11.4 Å². The Balaban J connectivity index is 2.12. The quantitative estimate of drug-likeness (QED) is 0.618. The van der Waals surface area contributed by atoms with Gasteiger partial charge in [0.25, 0.3) is 0 Å². The number of hydrogen-bond donors (Lipinski definition) is 0. The minimum absolute atomic E-state index is 0.744. The van der Waals surface area contributed by atoms with Gasteiger partial charge in [0.15, 0.2) is 0 Å². The molecule has 3 aromatic rings. The number of thiazole rings is 1. The lowest BCUT2D eigenvalue weighted by atomic mass is 10.1. The van der Waals surface area contributed by atoms with Crippen LogP contribution in [0, 0.1) is 6.92 Å². The summed E-state index contributed by atoms with van der Waals surface area (Å²) in [5.74, 6) is 0. The Hall–Kier alpha value is -2.46. The second-order valence-corrected chi connectivity index (χ2v) is 6.44. The highest BCUT2D eigenvalue weighted by Gasteiger charge is 2.08. The van der Waals surface area contributed by atoms with Gasteiger partial charge in [0.1, 0.15) is 0 Å². The molecule has 0 atom stereocenters. The molecule has 3 rings (SSSR count). The van der Waals surface area contributed by atoms with Crippen LogP contribution < -0.4 is 4.80 Å². The van der Waals surface area contributed by atoms with Gasteiger partial charge < -0.3 is 0 Å². The van der Waals surface area contributed by atoms with Gasteiger partial charge in [0, 0.05) is 17.5 Å². The molecule has 24 heavy (non-hydrogen) atoms. The number of benzene rings is 2. The maximum absolute atomic E-state index is 4.86. The summed E-state index contributed by atoms with van der Waals surface area (Å²) in [5, 5.41) is 6.98. The summed E-state index contributed by atoms with van der Waals surface area (Å²) in [6.07, 6.45) is 0. The minimum Gasteiger partial charge on any atom is -0.258 e. The van der Waals surface area contributed by atoms with E-state index in [1.54, 1.807) is 11.3 Å². The van der Waals surface area contributed by atoms with E-state index in [-0.39, 0.29) is 0 Å². The number of nitrogens with zero attached hydrogens (tertiary/aromatic N) is 3. The van der Waals surface area contributed by atoms with Crippen molar-refractivity contribution in [3.63, 3.8) is 0 Å². The fourth-order valence-electron chi connectivity index (χ4n) is 2.45. The zero-order chi connectivity index (χ0) is 16.9. The van der Waals surface area contributed by atoms with Gasteiger partial charge >= 0.3 is 0 Å². The molecule has 0 N–H and O–H groups in total. The van der Waals surface area contributed by atoms with Gasteiger partial charge in [-0.1, -0.05) is 60.2 Å². The summed E-state index contributed by atoms with van der Waals surface area (Å²) in [6.45, 7) is 6.92. The highest BCUT2D eigenvalue weighted by molar-refractivity contribution is 7.07. The predicted molar refractivity (Wildman–Crippen MR) is 103 cm³/mol. The average Bonchev–Trinajstić information content (AvgIpc) is 2.99. The van der Waals surface area contributed by atoms with E-state index in [0.29, 0.717) is 0 Å². The van der Waals surface area contributed by atoms with Crippen LogP contribution in [-0.2, 0) is 0 Å². The molecular weight excluding hydrogens is 314 g/mol. The maximum Gasteiger partial charge on any atom is 0.206 e. The first kappa shape index (κ1) is 16.4. The standard InChI is InChI=1S/C20H21N3S/c1-4-21-20-23(19(14-24-20)18-8-6-5-7-9-18)22-16(3)17-12-10-15(2)11-13-17/h5-14H,4H2,1-3H3. The summed E-state index contributed by atoms with van der Waals surface area (Å²) in [4.78, 5) is 5.51. The Bertz CT molecular complexity index is 900. The molecule has 0 saturated carbocycles. The smallest absolute Gasteiger partial charge is 0.206 e. The lowest BCUT2D eigenvalue weighted by Crippen LogP contribution is -2.14. The van der Waals surface area contributed by atoms with E-state index >= 15 is 0 Å². The van der Waals surface area contributed by atoms with Gasteiger partial charge in [-0.25, -0.2) is 4.68 Å². The molecular formula is C20H21N3S. The lowest BCUT2D eigenvalue weighted by Gasteiger charge is -2.06. The van der Waals surface area contributed by atoms with Gasteiger partial charge in [0.2, 0.25) is 4.80 Å². The van der Waals surface area contributed by atoms with Crippen LogP contribution in [0.15, 0.2) is 70.1 Å². The van der Waals surface area contributed by atoms with Crippen molar-refractivity contribution < 1.29 is 0 Å². The van der Waals surface area contributed by atoms with Crippen LogP contribution >= 0.6 is 11.3 Å². The Kier molecular flexibility index (Phi) is 5.06. The van der Waals surface area contributed by atoms with Crippen molar-refractivity contribution in [3.05, 3.63) is 75.9 Å². The molecule has 0 spiro atoms. The van der Waals surface area contributed by atoms with Crippen LogP contribution in [0.3, 0.4) is 0 Å². The predicted octanol–water partition coefficient (Wildman–Crippen LogP) is 4.72. The SMILES string of the molecule is CCN=c1scc(-c2ccccc2)n1N=C(C)c1ccc(C)cc1. The van der Waals surface area contributed by atoms with E-state index in [2.05, 4.69) is 53.7 Å².